The second kappa shape index (κ2) is 4.59. The number of rotatable bonds is 3. The molecule has 1 heteroatoms. The van der Waals surface area contributed by atoms with Crippen molar-refractivity contribution in [3.05, 3.63) is 23.8 Å². The lowest BCUT2D eigenvalue weighted by molar-refractivity contribution is -0.117. The van der Waals surface area contributed by atoms with Gasteiger partial charge in [-0.25, -0.2) is 0 Å². The minimum absolute atomic E-state index is 0.206. The van der Waals surface area contributed by atoms with Gasteiger partial charge in [0.05, 0.1) is 0 Å². The first kappa shape index (κ1) is 11.2. The number of hydrogen-bond acceptors (Lipinski definition) is 1. The Labute approximate surface area is 86.9 Å². The molecule has 0 aromatic carbocycles. The third-order valence-corrected chi connectivity index (χ3v) is 2.82. The van der Waals surface area contributed by atoms with Crippen LogP contribution in [0.5, 0.6) is 0 Å². The van der Waals surface area contributed by atoms with Crippen LogP contribution < -0.4 is 0 Å². The predicted octanol–water partition coefficient (Wildman–Crippen LogP) is 3.66. The first-order valence-electron chi connectivity index (χ1n) is 5.35. The van der Waals surface area contributed by atoms with Gasteiger partial charge in [-0.2, -0.15) is 0 Å². The van der Waals surface area contributed by atoms with Gasteiger partial charge in [0, 0.05) is 6.42 Å². The second-order valence-corrected chi connectivity index (χ2v) is 4.88. The van der Waals surface area contributed by atoms with E-state index >= 15 is 0 Å². The van der Waals surface area contributed by atoms with E-state index in [4.69, 9.17) is 0 Å². The molecule has 0 saturated carbocycles. The van der Waals surface area contributed by atoms with Gasteiger partial charge < -0.3 is 0 Å². The van der Waals surface area contributed by atoms with Gasteiger partial charge in [0.15, 0.2) is 5.78 Å². The third kappa shape index (κ3) is 3.49. The maximum absolute atomic E-state index is 11.3. The fraction of sp³-hybridized carbons (Fsp3) is 0.615. The van der Waals surface area contributed by atoms with Crippen LogP contribution in [0.15, 0.2) is 23.8 Å². The maximum Gasteiger partial charge on any atom is 0.155 e. The first-order chi connectivity index (χ1) is 6.52. The van der Waals surface area contributed by atoms with Crippen LogP contribution in [0, 0.1) is 5.41 Å². The summed E-state index contributed by atoms with van der Waals surface area (Å²) in [4.78, 5) is 11.3. The molecule has 14 heavy (non-hydrogen) atoms. The Hall–Kier alpha value is -0.850. The van der Waals surface area contributed by atoms with Crippen LogP contribution in [0.4, 0.5) is 0 Å². The smallest absolute Gasteiger partial charge is 0.155 e. The van der Waals surface area contributed by atoms with Crippen LogP contribution >= 0.6 is 0 Å². The molecule has 1 nitrogen and oxygen atoms in total. The van der Waals surface area contributed by atoms with E-state index in [-0.39, 0.29) is 11.2 Å². The lowest BCUT2D eigenvalue weighted by Gasteiger charge is -2.29. The molecule has 0 fully saturated rings. The lowest BCUT2D eigenvalue weighted by Crippen LogP contribution is -2.22. The van der Waals surface area contributed by atoms with Gasteiger partial charge in [-0.1, -0.05) is 24.6 Å². The summed E-state index contributed by atoms with van der Waals surface area (Å²) in [6, 6.07) is 0. The predicted molar refractivity (Wildman–Crippen MR) is 60.2 cm³/mol. The van der Waals surface area contributed by atoms with E-state index in [1.54, 1.807) is 6.08 Å². The molecule has 0 bridgehead atoms. The van der Waals surface area contributed by atoms with Gasteiger partial charge in [0.1, 0.15) is 0 Å². The van der Waals surface area contributed by atoms with Crippen LogP contribution in [0.1, 0.15) is 46.5 Å². The number of hydrogen-bond donors (Lipinski definition) is 0. The normalized spacial score (nSPS) is 26.4. The van der Waals surface area contributed by atoms with E-state index in [0.29, 0.717) is 0 Å². The molecule has 0 unspecified atom stereocenters. The molecule has 1 atom stereocenters. The molecular formula is C13H20O. The van der Waals surface area contributed by atoms with E-state index < -0.39 is 0 Å². The van der Waals surface area contributed by atoms with Gasteiger partial charge in [0.2, 0.25) is 0 Å². The van der Waals surface area contributed by atoms with E-state index in [1.165, 1.54) is 5.57 Å². The van der Waals surface area contributed by atoms with Gasteiger partial charge in [-0.3, -0.25) is 4.79 Å². The van der Waals surface area contributed by atoms with Crippen LogP contribution in [-0.4, -0.2) is 5.78 Å². The van der Waals surface area contributed by atoms with E-state index in [1.807, 2.05) is 6.08 Å². The minimum Gasteiger partial charge on any atom is -0.295 e. The van der Waals surface area contributed by atoms with Crippen LogP contribution in [0.3, 0.4) is 0 Å². The molecule has 1 aliphatic carbocycles. The molecule has 0 spiro atoms. The molecule has 1 aliphatic rings. The van der Waals surface area contributed by atoms with Crippen molar-refractivity contribution in [3.63, 3.8) is 0 Å². The molecule has 0 aromatic rings. The molecule has 0 aromatic heterocycles. The Morgan fingerprint density at radius 3 is 2.86 bits per heavy atom. The Morgan fingerprint density at radius 2 is 2.29 bits per heavy atom. The monoisotopic (exact) mass is 192 g/mol. The summed E-state index contributed by atoms with van der Waals surface area (Å²) in [5, 5.41) is 0. The van der Waals surface area contributed by atoms with Crippen LogP contribution in [0.25, 0.3) is 0 Å². The van der Waals surface area contributed by atoms with Crippen molar-refractivity contribution >= 4 is 5.78 Å². The van der Waals surface area contributed by atoms with E-state index in [9.17, 15) is 4.79 Å². The zero-order chi connectivity index (χ0) is 10.6. The molecule has 0 heterocycles. The van der Waals surface area contributed by atoms with Gasteiger partial charge >= 0.3 is 0 Å². The largest absolute Gasteiger partial charge is 0.295 e. The highest BCUT2D eigenvalue weighted by molar-refractivity contribution is 5.90. The highest BCUT2D eigenvalue weighted by atomic mass is 16.1. The molecule has 0 N–H and O–H groups in total. The van der Waals surface area contributed by atoms with Crippen molar-refractivity contribution in [2.75, 3.05) is 0 Å². The number of ketones is 1. The highest BCUT2D eigenvalue weighted by Gasteiger charge is 2.27. The van der Waals surface area contributed by atoms with Crippen molar-refractivity contribution < 1.29 is 4.79 Å². The van der Waals surface area contributed by atoms with E-state index in [2.05, 4.69) is 26.8 Å². The summed E-state index contributed by atoms with van der Waals surface area (Å²) in [5.41, 5.74) is 1.57. The van der Waals surface area contributed by atoms with Gasteiger partial charge in [-0.05, 0) is 44.6 Å². The molecule has 0 saturated heterocycles. The number of carbonyl (C=O) groups is 1. The summed E-state index contributed by atoms with van der Waals surface area (Å²) in [5.74, 6) is 0.288. The average Bonchev–Trinajstić information content (AvgIpc) is 2.01. The molecule has 1 rings (SSSR count). The molecule has 0 amide bonds. The van der Waals surface area contributed by atoms with Crippen molar-refractivity contribution in [1.29, 1.82) is 0 Å². The maximum atomic E-state index is 11.3. The van der Waals surface area contributed by atoms with E-state index in [0.717, 1.165) is 25.7 Å². The number of carbonyl (C=O) groups excluding carboxylic acids is 1. The molecule has 0 radical (unpaired) electrons. The summed E-state index contributed by atoms with van der Waals surface area (Å²) in [7, 11) is 0. The minimum atomic E-state index is 0.206. The zero-order valence-electron chi connectivity index (χ0n) is 9.47. The van der Waals surface area contributed by atoms with Crippen molar-refractivity contribution in [2.24, 2.45) is 5.41 Å². The molecular weight excluding hydrogens is 172 g/mol. The topological polar surface area (TPSA) is 17.1 Å². The average molecular weight is 192 g/mol. The Kier molecular flexibility index (Phi) is 3.68. The zero-order valence-corrected chi connectivity index (χ0v) is 9.47. The third-order valence-electron chi connectivity index (χ3n) is 2.82. The Balaban J connectivity index is 2.47. The fourth-order valence-corrected chi connectivity index (χ4v) is 1.93. The summed E-state index contributed by atoms with van der Waals surface area (Å²) in [6.07, 6.45) is 9.99. The Morgan fingerprint density at radius 1 is 1.57 bits per heavy atom. The molecule has 0 aliphatic heterocycles. The van der Waals surface area contributed by atoms with Crippen molar-refractivity contribution in [1.82, 2.24) is 0 Å². The SMILES string of the molecule is CC(C)=CCC[C@@]1(C)CC=CC(=O)C1. The van der Waals surface area contributed by atoms with Crippen molar-refractivity contribution in [2.45, 2.75) is 46.5 Å². The quantitative estimate of drug-likeness (QED) is 0.624. The lowest BCUT2D eigenvalue weighted by atomic mass is 9.75. The molecule has 78 valence electrons. The highest BCUT2D eigenvalue weighted by Crippen LogP contribution is 2.35. The summed E-state index contributed by atoms with van der Waals surface area (Å²) in [6.45, 7) is 6.45. The fourth-order valence-electron chi connectivity index (χ4n) is 1.93. The second-order valence-electron chi connectivity index (χ2n) is 4.88. The Bertz CT molecular complexity index is 269. The first-order valence-corrected chi connectivity index (χ1v) is 5.35. The standard InChI is InChI=1S/C13H20O/c1-11(2)6-4-8-13(3)9-5-7-12(14)10-13/h5-7H,4,8-10H2,1-3H3/t13-/m0/s1. The summed E-state index contributed by atoms with van der Waals surface area (Å²) >= 11 is 0. The summed E-state index contributed by atoms with van der Waals surface area (Å²) < 4.78 is 0. The van der Waals surface area contributed by atoms with Gasteiger partial charge in [0.25, 0.3) is 0 Å². The van der Waals surface area contributed by atoms with Gasteiger partial charge in [-0.15, -0.1) is 0 Å². The van der Waals surface area contributed by atoms with Crippen LogP contribution in [0.2, 0.25) is 0 Å². The van der Waals surface area contributed by atoms with Crippen molar-refractivity contribution in [3.8, 4) is 0 Å². The number of allylic oxidation sites excluding steroid dienone is 4. The van der Waals surface area contributed by atoms with Crippen LogP contribution in [-0.2, 0) is 4.79 Å².